The molecule has 98 valence electrons. The molecule has 2 aromatic rings. The quantitative estimate of drug-likeness (QED) is 0.765. The standard InChI is InChI=1S/C13H16N2OS.ClH/c16-17(13-6-2-1-3-7-13)11-5-4-9-15-10-8-14-12-15;/h1-3,6-8,10,12H,4-5,9,11H2;1H. The summed E-state index contributed by atoms with van der Waals surface area (Å²) >= 11 is 0. The van der Waals surface area contributed by atoms with Crippen molar-refractivity contribution >= 4 is 23.2 Å². The van der Waals surface area contributed by atoms with Crippen molar-refractivity contribution < 1.29 is 4.21 Å². The van der Waals surface area contributed by atoms with Gasteiger partial charge in [-0.1, -0.05) is 18.2 Å². The minimum Gasteiger partial charge on any atom is -0.337 e. The maximum Gasteiger partial charge on any atom is 0.0945 e. The van der Waals surface area contributed by atoms with Crippen molar-refractivity contribution in [3.63, 3.8) is 0 Å². The van der Waals surface area contributed by atoms with E-state index in [0.29, 0.717) is 0 Å². The van der Waals surface area contributed by atoms with Gasteiger partial charge in [0.1, 0.15) is 0 Å². The zero-order chi connectivity index (χ0) is 11.9. The third-order valence-electron chi connectivity index (χ3n) is 2.56. The van der Waals surface area contributed by atoms with E-state index >= 15 is 0 Å². The molecule has 2 rings (SSSR count). The van der Waals surface area contributed by atoms with Gasteiger partial charge in [-0.2, -0.15) is 0 Å². The SMILES string of the molecule is Cl.O=S(CCCCn1ccnc1)c1ccccc1. The number of aryl methyl sites for hydroxylation is 1. The number of imidazole rings is 1. The van der Waals surface area contributed by atoms with Crippen LogP contribution < -0.4 is 0 Å². The summed E-state index contributed by atoms with van der Waals surface area (Å²) in [5.74, 6) is 0.735. The fourth-order valence-electron chi connectivity index (χ4n) is 1.64. The lowest BCUT2D eigenvalue weighted by atomic mass is 10.3. The summed E-state index contributed by atoms with van der Waals surface area (Å²) < 4.78 is 13.9. The number of hydrogen-bond donors (Lipinski definition) is 0. The van der Waals surface area contributed by atoms with E-state index in [4.69, 9.17) is 0 Å². The first-order valence-electron chi connectivity index (χ1n) is 5.75. The van der Waals surface area contributed by atoms with Gasteiger partial charge in [0.15, 0.2) is 0 Å². The Hall–Kier alpha value is -1.13. The maximum absolute atomic E-state index is 11.9. The molecule has 5 heteroatoms. The zero-order valence-electron chi connectivity index (χ0n) is 10.1. The Kier molecular flexibility index (Phi) is 6.68. The molecule has 0 spiro atoms. The van der Waals surface area contributed by atoms with Gasteiger partial charge in [-0.3, -0.25) is 4.21 Å². The highest BCUT2D eigenvalue weighted by atomic mass is 35.5. The highest BCUT2D eigenvalue weighted by Gasteiger charge is 2.02. The van der Waals surface area contributed by atoms with Crippen molar-refractivity contribution in [1.29, 1.82) is 0 Å². The predicted molar refractivity (Wildman–Crippen MR) is 76.4 cm³/mol. The molecule has 1 atom stereocenters. The average Bonchev–Trinajstić information content (AvgIpc) is 2.88. The Bertz CT molecular complexity index is 459. The largest absolute Gasteiger partial charge is 0.337 e. The molecule has 0 N–H and O–H groups in total. The summed E-state index contributed by atoms with van der Waals surface area (Å²) in [6.07, 6.45) is 7.55. The van der Waals surface area contributed by atoms with Gasteiger partial charge in [-0.05, 0) is 25.0 Å². The van der Waals surface area contributed by atoms with Crippen LogP contribution in [0.3, 0.4) is 0 Å². The molecule has 0 bridgehead atoms. The monoisotopic (exact) mass is 284 g/mol. The zero-order valence-corrected chi connectivity index (χ0v) is 11.7. The van der Waals surface area contributed by atoms with Gasteiger partial charge in [0, 0.05) is 29.6 Å². The van der Waals surface area contributed by atoms with Crippen molar-refractivity contribution in [2.45, 2.75) is 24.3 Å². The Labute approximate surface area is 116 Å². The lowest BCUT2D eigenvalue weighted by Gasteiger charge is -2.03. The Balaban J connectivity index is 0.00000162. The van der Waals surface area contributed by atoms with E-state index in [0.717, 1.165) is 30.0 Å². The van der Waals surface area contributed by atoms with E-state index in [-0.39, 0.29) is 12.4 Å². The van der Waals surface area contributed by atoms with Gasteiger partial charge in [-0.15, -0.1) is 12.4 Å². The minimum atomic E-state index is -0.857. The van der Waals surface area contributed by atoms with Gasteiger partial charge in [-0.25, -0.2) is 4.98 Å². The molecule has 1 aromatic heterocycles. The van der Waals surface area contributed by atoms with Crippen LogP contribution in [0.1, 0.15) is 12.8 Å². The highest BCUT2D eigenvalue weighted by Crippen LogP contribution is 2.07. The number of hydrogen-bond acceptors (Lipinski definition) is 2. The first-order valence-corrected chi connectivity index (χ1v) is 7.07. The second-order valence-corrected chi connectivity index (χ2v) is 5.44. The van der Waals surface area contributed by atoms with E-state index in [1.165, 1.54) is 0 Å². The van der Waals surface area contributed by atoms with Crippen LogP contribution in [-0.2, 0) is 17.3 Å². The summed E-state index contributed by atoms with van der Waals surface area (Å²) in [5, 5.41) is 0. The molecule has 1 unspecified atom stereocenters. The molecule has 18 heavy (non-hydrogen) atoms. The Morgan fingerprint density at radius 2 is 1.94 bits per heavy atom. The smallest absolute Gasteiger partial charge is 0.0945 e. The predicted octanol–water partition coefficient (Wildman–Crippen LogP) is 2.89. The summed E-state index contributed by atoms with van der Waals surface area (Å²) in [4.78, 5) is 4.91. The van der Waals surface area contributed by atoms with Crippen molar-refractivity contribution in [1.82, 2.24) is 9.55 Å². The lowest BCUT2D eigenvalue weighted by Crippen LogP contribution is -2.01. The molecular weight excluding hydrogens is 268 g/mol. The van der Waals surface area contributed by atoms with Gasteiger partial charge >= 0.3 is 0 Å². The molecule has 0 aliphatic heterocycles. The second-order valence-electron chi connectivity index (χ2n) is 3.87. The highest BCUT2D eigenvalue weighted by molar-refractivity contribution is 7.85. The second kappa shape index (κ2) is 8.06. The van der Waals surface area contributed by atoms with Crippen LogP contribution in [0.5, 0.6) is 0 Å². The van der Waals surface area contributed by atoms with E-state index in [1.807, 2.05) is 47.4 Å². The van der Waals surface area contributed by atoms with Crippen molar-refractivity contribution in [3.8, 4) is 0 Å². The molecule has 0 amide bonds. The first-order chi connectivity index (χ1) is 8.36. The number of aromatic nitrogens is 2. The molecule has 0 fully saturated rings. The Morgan fingerprint density at radius 3 is 2.61 bits per heavy atom. The third-order valence-corrected chi connectivity index (χ3v) is 4.02. The summed E-state index contributed by atoms with van der Waals surface area (Å²) in [6.45, 7) is 0.950. The molecule has 1 heterocycles. The van der Waals surface area contributed by atoms with Crippen LogP contribution in [0.15, 0.2) is 53.9 Å². The van der Waals surface area contributed by atoms with Crippen LogP contribution >= 0.6 is 12.4 Å². The van der Waals surface area contributed by atoms with Crippen LogP contribution in [0.25, 0.3) is 0 Å². The van der Waals surface area contributed by atoms with E-state index in [2.05, 4.69) is 4.98 Å². The lowest BCUT2D eigenvalue weighted by molar-refractivity contribution is 0.627. The van der Waals surface area contributed by atoms with Crippen LogP contribution in [0, 0.1) is 0 Å². The van der Waals surface area contributed by atoms with Crippen molar-refractivity contribution in [2.24, 2.45) is 0 Å². The topological polar surface area (TPSA) is 34.9 Å². The fourth-order valence-corrected chi connectivity index (χ4v) is 2.80. The van der Waals surface area contributed by atoms with Crippen LogP contribution in [0.2, 0.25) is 0 Å². The number of nitrogens with zero attached hydrogens (tertiary/aromatic N) is 2. The molecule has 0 saturated heterocycles. The first kappa shape index (κ1) is 14.9. The number of benzene rings is 1. The number of rotatable bonds is 6. The fraction of sp³-hybridized carbons (Fsp3) is 0.308. The minimum absolute atomic E-state index is 0. The normalized spacial score (nSPS) is 11.8. The van der Waals surface area contributed by atoms with Crippen molar-refractivity contribution in [3.05, 3.63) is 49.1 Å². The molecule has 0 saturated carbocycles. The van der Waals surface area contributed by atoms with Gasteiger partial charge in [0.2, 0.25) is 0 Å². The number of halogens is 1. The molecule has 0 radical (unpaired) electrons. The van der Waals surface area contributed by atoms with E-state index in [9.17, 15) is 4.21 Å². The average molecular weight is 285 g/mol. The molecule has 0 aliphatic carbocycles. The third kappa shape index (κ3) is 4.63. The van der Waals surface area contributed by atoms with Crippen LogP contribution in [0.4, 0.5) is 0 Å². The Morgan fingerprint density at radius 1 is 1.17 bits per heavy atom. The maximum atomic E-state index is 11.9. The van der Waals surface area contributed by atoms with Gasteiger partial charge < -0.3 is 4.57 Å². The van der Waals surface area contributed by atoms with Gasteiger partial charge in [0.25, 0.3) is 0 Å². The number of unbranched alkanes of at least 4 members (excludes halogenated alkanes) is 1. The van der Waals surface area contributed by atoms with Crippen molar-refractivity contribution in [2.75, 3.05) is 5.75 Å². The summed E-state index contributed by atoms with van der Waals surface area (Å²) in [7, 11) is -0.857. The van der Waals surface area contributed by atoms with E-state index < -0.39 is 10.8 Å². The summed E-state index contributed by atoms with van der Waals surface area (Å²) in [6, 6.07) is 9.65. The molecule has 3 nitrogen and oxygen atoms in total. The molecular formula is C13H17ClN2OS. The molecule has 0 aliphatic rings. The van der Waals surface area contributed by atoms with Gasteiger partial charge in [0.05, 0.1) is 17.1 Å². The molecule has 1 aromatic carbocycles. The summed E-state index contributed by atoms with van der Waals surface area (Å²) in [5.41, 5.74) is 0. The van der Waals surface area contributed by atoms with Crippen LogP contribution in [-0.4, -0.2) is 19.5 Å². The van der Waals surface area contributed by atoms with E-state index in [1.54, 1.807) is 6.20 Å².